The van der Waals surface area contributed by atoms with E-state index in [2.05, 4.69) is 20.7 Å². The lowest BCUT2D eigenvalue weighted by molar-refractivity contribution is -0.118. The molecule has 3 aromatic carbocycles. The van der Waals surface area contributed by atoms with Gasteiger partial charge in [0.2, 0.25) is 5.75 Å². The maximum absolute atomic E-state index is 12.5. The van der Waals surface area contributed by atoms with Gasteiger partial charge < -0.3 is 14.2 Å². The maximum atomic E-state index is 12.5. The van der Waals surface area contributed by atoms with E-state index in [1.165, 1.54) is 18.0 Å². The summed E-state index contributed by atoms with van der Waals surface area (Å²) in [5.41, 5.74) is 4.59. The van der Waals surface area contributed by atoms with Crippen molar-refractivity contribution >= 4 is 47.1 Å². The summed E-state index contributed by atoms with van der Waals surface area (Å²) in [5, 5.41) is 14.0. The van der Waals surface area contributed by atoms with Crippen LogP contribution in [0.1, 0.15) is 5.56 Å². The number of nitrogens with one attached hydrogen (secondary N) is 1. The number of halogens is 2. The van der Waals surface area contributed by atoms with Crippen LogP contribution in [0.15, 0.2) is 70.9 Å². The number of rotatable bonds is 10. The minimum atomic E-state index is -0.332. The van der Waals surface area contributed by atoms with Crippen molar-refractivity contribution in [3.05, 3.63) is 76.3 Å². The number of aromatic nitrogens is 3. The third-order valence-electron chi connectivity index (χ3n) is 5.28. The fourth-order valence-corrected chi connectivity index (χ4v) is 4.63. The van der Waals surface area contributed by atoms with Gasteiger partial charge in [-0.2, -0.15) is 5.10 Å². The Morgan fingerprint density at radius 3 is 2.37 bits per heavy atom. The van der Waals surface area contributed by atoms with Gasteiger partial charge in [0.1, 0.15) is 0 Å². The summed E-state index contributed by atoms with van der Waals surface area (Å²) in [4.78, 5) is 12.5. The first-order chi connectivity index (χ1) is 18.5. The molecular weight excluding hydrogens is 549 g/mol. The lowest BCUT2D eigenvalue weighted by Gasteiger charge is -2.15. The molecule has 0 aliphatic carbocycles. The van der Waals surface area contributed by atoms with Gasteiger partial charge in [0.05, 0.1) is 43.3 Å². The first-order valence-corrected chi connectivity index (χ1v) is 12.9. The van der Waals surface area contributed by atoms with Crippen LogP contribution >= 0.6 is 35.0 Å². The molecule has 1 aromatic heterocycles. The molecule has 4 aromatic rings. The van der Waals surface area contributed by atoms with E-state index in [1.807, 2.05) is 34.9 Å². The molecule has 0 aliphatic heterocycles. The lowest BCUT2D eigenvalue weighted by atomic mass is 10.1. The molecule has 0 fully saturated rings. The van der Waals surface area contributed by atoms with Gasteiger partial charge in [-0.25, -0.2) is 5.43 Å². The molecule has 1 amide bonds. The number of benzene rings is 3. The van der Waals surface area contributed by atoms with Crippen LogP contribution in [-0.2, 0) is 4.79 Å². The predicted octanol–water partition coefficient (Wildman–Crippen LogP) is 5.51. The van der Waals surface area contributed by atoms with Crippen molar-refractivity contribution in [3.63, 3.8) is 0 Å². The Bertz CT molecular complexity index is 1440. The number of hydrogen-bond acceptors (Lipinski definition) is 8. The highest BCUT2D eigenvalue weighted by atomic mass is 35.5. The van der Waals surface area contributed by atoms with Crippen LogP contribution in [-0.4, -0.2) is 54.0 Å². The highest BCUT2D eigenvalue weighted by Crippen LogP contribution is 2.41. The summed E-state index contributed by atoms with van der Waals surface area (Å²) in [6.45, 7) is 0. The second kappa shape index (κ2) is 12.7. The zero-order valence-electron chi connectivity index (χ0n) is 20.6. The van der Waals surface area contributed by atoms with E-state index in [-0.39, 0.29) is 11.7 Å². The average molecular weight is 572 g/mol. The zero-order chi connectivity index (χ0) is 27.1. The molecule has 0 saturated heterocycles. The normalized spacial score (nSPS) is 11.0. The van der Waals surface area contributed by atoms with Crippen molar-refractivity contribution in [1.29, 1.82) is 0 Å². The van der Waals surface area contributed by atoms with Crippen LogP contribution in [0.5, 0.6) is 17.2 Å². The standard InChI is InChI=1S/C26H23Cl2N5O4S/c1-35-20-12-17(13-21(36-2)24(20)37-3)25-31-32-26(33(25)18-9-5-4-6-10-18)38-15-22(34)30-29-14-16-8-7-11-19(27)23(16)28/h4-14H,15H2,1-3H3,(H,30,34)/b29-14-. The van der Waals surface area contributed by atoms with Crippen molar-refractivity contribution in [2.45, 2.75) is 5.16 Å². The molecule has 1 N–H and O–H groups in total. The Morgan fingerprint density at radius 2 is 1.71 bits per heavy atom. The number of hydrogen-bond donors (Lipinski definition) is 1. The highest BCUT2D eigenvalue weighted by molar-refractivity contribution is 7.99. The van der Waals surface area contributed by atoms with Crippen molar-refractivity contribution in [3.8, 4) is 34.3 Å². The fourth-order valence-electron chi connectivity index (χ4n) is 3.53. The third-order valence-corrected chi connectivity index (χ3v) is 7.04. The quantitative estimate of drug-likeness (QED) is 0.152. The molecule has 9 nitrogen and oxygen atoms in total. The molecule has 0 radical (unpaired) electrons. The van der Waals surface area contributed by atoms with Crippen molar-refractivity contribution in [2.24, 2.45) is 5.10 Å². The monoisotopic (exact) mass is 571 g/mol. The van der Waals surface area contributed by atoms with Crippen LogP contribution in [0.4, 0.5) is 0 Å². The number of ether oxygens (including phenoxy) is 3. The van der Waals surface area contributed by atoms with Gasteiger partial charge in [-0.1, -0.05) is 65.3 Å². The number of nitrogens with zero attached hydrogens (tertiary/aromatic N) is 4. The van der Waals surface area contributed by atoms with Crippen LogP contribution in [0.25, 0.3) is 17.1 Å². The second-order valence-electron chi connectivity index (χ2n) is 7.62. The van der Waals surface area contributed by atoms with Gasteiger partial charge in [-0.3, -0.25) is 9.36 Å². The maximum Gasteiger partial charge on any atom is 0.250 e. The first kappa shape index (κ1) is 27.3. The Balaban J connectivity index is 1.59. The smallest absolute Gasteiger partial charge is 0.250 e. The van der Waals surface area contributed by atoms with E-state index in [4.69, 9.17) is 37.4 Å². The van der Waals surface area contributed by atoms with Crippen molar-refractivity contribution in [1.82, 2.24) is 20.2 Å². The Labute approximate surface area is 233 Å². The lowest BCUT2D eigenvalue weighted by Crippen LogP contribution is -2.20. The van der Waals surface area contributed by atoms with E-state index >= 15 is 0 Å². The number of hydrazone groups is 1. The number of methoxy groups -OCH3 is 3. The van der Waals surface area contributed by atoms with E-state index < -0.39 is 0 Å². The van der Waals surface area contributed by atoms with Crippen LogP contribution < -0.4 is 19.6 Å². The molecule has 12 heteroatoms. The van der Waals surface area contributed by atoms with Crippen LogP contribution in [0.2, 0.25) is 10.0 Å². The minimum Gasteiger partial charge on any atom is -0.493 e. The summed E-state index contributed by atoms with van der Waals surface area (Å²) in [6, 6.07) is 18.3. The molecule has 38 heavy (non-hydrogen) atoms. The van der Waals surface area contributed by atoms with Gasteiger partial charge in [0, 0.05) is 16.8 Å². The number of thioether (sulfide) groups is 1. The molecule has 0 atom stereocenters. The molecule has 0 aliphatic rings. The molecule has 0 spiro atoms. The third kappa shape index (κ3) is 6.04. The van der Waals surface area contributed by atoms with Crippen LogP contribution in [0, 0.1) is 0 Å². The first-order valence-electron chi connectivity index (χ1n) is 11.2. The summed E-state index contributed by atoms with van der Waals surface area (Å²) < 4.78 is 18.3. The molecule has 0 saturated carbocycles. The van der Waals surface area contributed by atoms with Gasteiger partial charge in [-0.15, -0.1) is 10.2 Å². The molecule has 0 unspecified atom stereocenters. The Hall–Kier alpha value is -3.73. The summed E-state index contributed by atoms with van der Waals surface area (Å²) in [6.07, 6.45) is 1.44. The highest BCUT2D eigenvalue weighted by Gasteiger charge is 2.21. The molecule has 1 heterocycles. The molecule has 0 bridgehead atoms. The molecular formula is C26H23Cl2N5O4S. The predicted molar refractivity (Wildman–Crippen MR) is 149 cm³/mol. The van der Waals surface area contributed by atoms with Crippen molar-refractivity contribution < 1.29 is 19.0 Å². The van der Waals surface area contributed by atoms with Crippen LogP contribution in [0.3, 0.4) is 0 Å². The Kier molecular flexibility index (Phi) is 9.11. The molecule has 4 rings (SSSR count). The van der Waals surface area contributed by atoms with Gasteiger partial charge in [0.15, 0.2) is 22.5 Å². The minimum absolute atomic E-state index is 0.0425. The van der Waals surface area contributed by atoms with Gasteiger partial charge in [-0.05, 0) is 30.3 Å². The topological polar surface area (TPSA) is 99.9 Å². The Morgan fingerprint density at radius 1 is 1.00 bits per heavy atom. The zero-order valence-corrected chi connectivity index (χ0v) is 23.0. The molecule has 196 valence electrons. The number of carbonyl (C=O) groups is 1. The van der Waals surface area contributed by atoms with E-state index in [0.29, 0.717) is 49.4 Å². The summed E-state index contributed by atoms with van der Waals surface area (Å²) in [5.74, 6) is 1.68. The number of carbonyl (C=O) groups excluding carboxylic acids is 1. The second-order valence-corrected chi connectivity index (χ2v) is 9.34. The van der Waals surface area contributed by atoms with E-state index in [1.54, 1.807) is 51.7 Å². The fraction of sp³-hybridized carbons (Fsp3) is 0.154. The largest absolute Gasteiger partial charge is 0.493 e. The van der Waals surface area contributed by atoms with Crippen molar-refractivity contribution in [2.75, 3.05) is 27.1 Å². The van der Waals surface area contributed by atoms with Gasteiger partial charge in [0.25, 0.3) is 5.91 Å². The number of amides is 1. The van der Waals surface area contributed by atoms with Gasteiger partial charge >= 0.3 is 0 Å². The van der Waals surface area contributed by atoms with E-state index in [0.717, 1.165) is 5.69 Å². The number of para-hydroxylation sites is 1. The SMILES string of the molecule is COc1cc(-c2nnc(SCC(=O)N/N=C\c3cccc(Cl)c3Cl)n2-c2ccccc2)cc(OC)c1OC. The average Bonchev–Trinajstić information content (AvgIpc) is 3.37. The van der Waals surface area contributed by atoms with E-state index in [9.17, 15) is 4.79 Å². The summed E-state index contributed by atoms with van der Waals surface area (Å²) in [7, 11) is 4.64. The summed E-state index contributed by atoms with van der Waals surface area (Å²) >= 11 is 13.4.